The van der Waals surface area contributed by atoms with Crippen LogP contribution in [0.3, 0.4) is 0 Å². The first kappa shape index (κ1) is 145. The van der Waals surface area contributed by atoms with E-state index < -0.39 is 0 Å². The molecule has 0 unspecified atom stereocenters. The molecule has 0 aliphatic heterocycles. The number of aromatic nitrogens is 12. The fourth-order valence-corrected chi connectivity index (χ4v) is 10.8. The zero-order valence-electron chi connectivity index (χ0n) is 91.3. The van der Waals surface area contributed by atoms with E-state index in [9.17, 15) is 0 Å². The predicted octanol–water partition coefficient (Wildman–Crippen LogP) is 38.0. The van der Waals surface area contributed by atoms with Crippen LogP contribution in [0, 0.1) is 11.8 Å². The largest absolute Gasteiger partial charge is 0.264 e. The third kappa shape index (κ3) is 71.0. The van der Waals surface area contributed by atoms with E-state index in [1.807, 2.05) is 180 Å². The molecule has 0 aliphatic rings. The molecule has 0 radical (unpaired) electrons. The molecule has 0 atom stereocenters. The van der Waals surface area contributed by atoms with Crippen LogP contribution in [0.15, 0.2) is 123 Å². The normalized spacial score (nSPS) is 9.66. The minimum absolute atomic E-state index is 0. The summed E-state index contributed by atoms with van der Waals surface area (Å²) in [6.07, 6.45) is 22.1. The number of pyridine rings is 4. The van der Waals surface area contributed by atoms with E-state index in [1.165, 1.54) is 67.2 Å². The van der Waals surface area contributed by atoms with Crippen molar-refractivity contribution in [1.82, 2.24) is 60.3 Å². The van der Waals surface area contributed by atoms with Crippen molar-refractivity contribution in [2.45, 2.75) is 497 Å². The quantitative estimate of drug-likeness (QED) is 0.0904. The second kappa shape index (κ2) is 95.0. The molecule has 0 aromatic carbocycles. The summed E-state index contributed by atoms with van der Waals surface area (Å²) in [6.45, 7) is 119. The monoisotopic (exact) mass is 1730 g/mol. The number of hydrogen-bond acceptors (Lipinski definition) is 12. The van der Waals surface area contributed by atoms with Crippen molar-refractivity contribution >= 4 is 0 Å². The highest BCUT2D eigenvalue weighted by molar-refractivity contribution is 5.31. The van der Waals surface area contributed by atoms with Crippen molar-refractivity contribution in [2.24, 2.45) is 11.8 Å². The van der Waals surface area contributed by atoms with E-state index in [-0.39, 0.29) is 14.9 Å². The predicted molar refractivity (Wildman–Crippen MR) is 567 cm³/mol. The summed E-state index contributed by atoms with van der Waals surface area (Å²) >= 11 is 0. The lowest BCUT2D eigenvalue weighted by atomic mass is 9.93. The highest BCUT2D eigenvalue weighted by Crippen LogP contribution is 2.30. The molecule has 0 amide bonds. The van der Waals surface area contributed by atoms with Gasteiger partial charge in [0.05, 0.1) is 22.8 Å². The molecule has 8 heterocycles. The maximum atomic E-state index is 4.40. The number of hydrogen-bond donors (Lipinski definition) is 0. The lowest BCUT2D eigenvalue weighted by Crippen LogP contribution is -2.03. The molecule has 0 saturated carbocycles. The van der Waals surface area contributed by atoms with Gasteiger partial charge in [-0.3, -0.25) is 29.9 Å². The van der Waals surface area contributed by atoms with Crippen LogP contribution >= 0.6 is 0 Å². The average Bonchev–Trinajstić information content (AvgIpc) is 0.924. The Kier molecular flexibility index (Phi) is 112. The summed E-state index contributed by atoms with van der Waals surface area (Å²) in [5.74, 6) is 10.2. The first-order valence-electron chi connectivity index (χ1n) is 48.5. The second-order valence-electron chi connectivity index (χ2n) is 33.3. The molecule has 0 fully saturated rings. The van der Waals surface area contributed by atoms with E-state index in [4.69, 9.17) is 0 Å². The second-order valence-corrected chi connectivity index (χ2v) is 33.3. The fourth-order valence-electron chi connectivity index (χ4n) is 10.8. The van der Waals surface area contributed by atoms with Gasteiger partial charge in [0.2, 0.25) is 0 Å². The summed E-state index contributed by atoms with van der Waals surface area (Å²) in [4.78, 5) is 34.1. The van der Waals surface area contributed by atoms with Crippen molar-refractivity contribution in [3.05, 3.63) is 213 Å². The van der Waals surface area contributed by atoms with Gasteiger partial charge < -0.3 is 0 Å². The molecule has 722 valence electrons. The van der Waals surface area contributed by atoms with Crippen molar-refractivity contribution in [2.75, 3.05) is 0 Å². The molecular formula is C112H214N12. The van der Waals surface area contributed by atoms with E-state index in [0.717, 1.165) is 34.6 Å². The highest BCUT2D eigenvalue weighted by atomic mass is 15.1. The van der Waals surface area contributed by atoms with Crippen molar-refractivity contribution in [3.63, 3.8) is 0 Å². The third-order valence-electron chi connectivity index (χ3n) is 16.0. The van der Waals surface area contributed by atoms with Gasteiger partial charge in [-0.05, 0) is 193 Å². The Morgan fingerprint density at radius 2 is 0.363 bits per heavy atom. The Morgan fingerprint density at radius 1 is 0.169 bits per heavy atom. The first-order valence-corrected chi connectivity index (χ1v) is 48.5. The van der Waals surface area contributed by atoms with E-state index in [0.29, 0.717) is 94.7 Å². The third-order valence-corrected chi connectivity index (χ3v) is 16.0. The molecule has 0 bridgehead atoms. The summed E-state index contributed by atoms with van der Waals surface area (Å²) in [5.41, 5.74) is 20.5. The van der Waals surface area contributed by atoms with Crippen LogP contribution in [0.1, 0.15) is 587 Å². The first-order chi connectivity index (χ1) is 57.5. The van der Waals surface area contributed by atoms with E-state index in [1.54, 1.807) is 31.1 Å². The molecular weight excluding hydrogens is 1510 g/mol. The highest BCUT2D eigenvalue weighted by Gasteiger charge is 2.17. The van der Waals surface area contributed by atoms with Crippen LogP contribution in [0.4, 0.5) is 0 Å². The van der Waals surface area contributed by atoms with Crippen molar-refractivity contribution in [3.8, 4) is 0 Å². The van der Waals surface area contributed by atoms with Crippen LogP contribution in [-0.2, 0) is 0 Å². The molecule has 8 rings (SSSR count). The minimum atomic E-state index is 0. The molecule has 12 heteroatoms. The van der Waals surface area contributed by atoms with Gasteiger partial charge in [-0.2, -0.15) is 20.4 Å². The molecule has 8 aromatic rings. The van der Waals surface area contributed by atoms with Crippen molar-refractivity contribution < 1.29 is 0 Å². The van der Waals surface area contributed by atoms with Gasteiger partial charge in [-0.1, -0.05) is 415 Å². The van der Waals surface area contributed by atoms with Gasteiger partial charge in [0, 0.05) is 85.2 Å². The summed E-state index contributed by atoms with van der Waals surface area (Å²) in [7, 11) is 0. The fraction of sp³-hybridized carbons (Fsp3) is 0.679. The van der Waals surface area contributed by atoms with Gasteiger partial charge in [-0.25, -0.2) is 9.97 Å². The summed E-state index contributed by atoms with van der Waals surface area (Å²) in [6, 6.07) is 16.8. The number of rotatable bonds is 16. The summed E-state index contributed by atoms with van der Waals surface area (Å²) in [5, 5.41) is 16.1. The SMILES string of the molecule is C.C.CC.CC.CC.CC.CC.CC.CC.CC.CC.CC(C)C.CC(C)C.CC(C)c1cccnc1C(C)C.CC(C)c1cccnc1C(C)C.CC(C)c1ccncc1C(C)C.CC(C)c1ccncc1C(C)C.CC(C)c1ccnnc1C(C)C.CC(C)c1ccnnc1C(C)C.CC(C)c1cncnc1C(C)C.CC(C)c1nccnc1C(C)C. The average molecular weight is 1730 g/mol. The maximum absolute atomic E-state index is 4.40. The van der Waals surface area contributed by atoms with Gasteiger partial charge in [0.15, 0.2) is 0 Å². The molecule has 12 nitrogen and oxygen atoms in total. The molecule has 124 heavy (non-hydrogen) atoms. The Morgan fingerprint density at radius 3 is 0.548 bits per heavy atom. The zero-order valence-corrected chi connectivity index (χ0v) is 91.3. The molecule has 0 spiro atoms. The Labute approximate surface area is 777 Å². The minimum Gasteiger partial charge on any atom is -0.264 e. The lowest BCUT2D eigenvalue weighted by molar-refractivity contribution is 0.726. The Bertz CT molecular complexity index is 2570. The zero-order chi connectivity index (χ0) is 98.3. The molecule has 0 N–H and O–H groups in total. The maximum Gasteiger partial charge on any atom is 0.115 e. The van der Waals surface area contributed by atoms with Crippen LogP contribution in [0.2, 0.25) is 0 Å². The van der Waals surface area contributed by atoms with Crippen LogP contribution in [0.25, 0.3) is 0 Å². The van der Waals surface area contributed by atoms with Gasteiger partial charge in [-0.15, -0.1) is 0 Å². The van der Waals surface area contributed by atoms with Crippen LogP contribution in [0.5, 0.6) is 0 Å². The Balaban J connectivity index is -0.0000000990. The lowest BCUT2D eigenvalue weighted by Gasteiger charge is -2.14. The Hall–Kier alpha value is -7.08. The van der Waals surface area contributed by atoms with Crippen LogP contribution < -0.4 is 0 Å². The summed E-state index contributed by atoms with van der Waals surface area (Å²) < 4.78 is 0. The van der Waals surface area contributed by atoms with Gasteiger partial charge >= 0.3 is 0 Å². The van der Waals surface area contributed by atoms with Gasteiger partial charge in [0.25, 0.3) is 0 Å². The van der Waals surface area contributed by atoms with Crippen molar-refractivity contribution in [1.29, 1.82) is 0 Å². The smallest absolute Gasteiger partial charge is 0.115 e. The van der Waals surface area contributed by atoms with Gasteiger partial charge in [0.1, 0.15) is 6.33 Å². The van der Waals surface area contributed by atoms with Crippen LogP contribution in [-0.4, -0.2) is 60.3 Å². The molecule has 0 aliphatic carbocycles. The van der Waals surface area contributed by atoms with E-state index in [2.05, 4.69) is 360 Å². The topological polar surface area (TPSA) is 155 Å². The standard InChI is InChI=1S/4C11H17N.4C10H16N2.2C4H10.9C2H6.2CH4/c2*1-8(2)10-5-6-12-7-11(10)9(3)4;2*1-8(2)10-6-5-7-12-11(10)9(3)4;1-7(2)9-5-11-6-12-10(9)8(3)4;1-7(2)9-10(8(3)4)12-6-5-11-9;2*1-7(2)9-5-6-11-12-10(9)8(3)4;2*1-4(2)3;9*1-2;;/h4*5-9H,1-4H3;4*5-8H,1-4H3;2*4H,1-3H3;9*1-2H3;2*1H4. The number of nitrogens with zero attached hydrogens (tertiary/aromatic N) is 12. The van der Waals surface area contributed by atoms with E-state index >= 15 is 0 Å². The molecule has 8 aromatic heterocycles. The molecule has 0 saturated heterocycles.